The number of hydrazone groups is 1. The van der Waals surface area contributed by atoms with Crippen LogP contribution in [-0.4, -0.2) is 32.6 Å². The molecule has 0 unspecified atom stereocenters. The van der Waals surface area contributed by atoms with Crippen LogP contribution in [0.15, 0.2) is 68.6 Å². The molecule has 0 radical (unpaired) electrons. The van der Waals surface area contributed by atoms with Crippen LogP contribution in [0.5, 0.6) is 23.0 Å². The molecule has 1 aliphatic heterocycles. The van der Waals surface area contributed by atoms with Crippen LogP contribution in [0.2, 0.25) is 0 Å². The molecule has 0 fully saturated rings. The third-order valence-corrected chi connectivity index (χ3v) is 5.89. The molecule has 3 aromatic carbocycles. The van der Waals surface area contributed by atoms with E-state index in [1.54, 1.807) is 25.3 Å². The van der Waals surface area contributed by atoms with E-state index >= 15 is 0 Å². The molecular formula is C24H21Br2N3O5. The van der Waals surface area contributed by atoms with Gasteiger partial charge in [-0.25, -0.2) is 5.43 Å². The standard InChI is InChI=1S/C24H21Br2N3O5/c1-31-22-9-16(8-19(26)24(22)32-13-15-2-4-17(25)5-3-15)11-28-29-23(30)12-27-18-6-7-20-21(10-18)34-14-33-20/h2-11,27H,12-14H2,1H3,(H,29,30)/b28-11-. The van der Waals surface area contributed by atoms with Crippen LogP contribution < -0.4 is 29.7 Å². The van der Waals surface area contributed by atoms with Crippen molar-refractivity contribution in [1.82, 2.24) is 5.43 Å². The van der Waals surface area contributed by atoms with E-state index < -0.39 is 0 Å². The maximum absolute atomic E-state index is 12.1. The third kappa shape index (κ3) is 6.21. The second-order valence-electron chi connectivity index (χ2n) is 7.16. The molecule has 0 aromatic heterocycles. The van der Waals surface area contributed by atoms with E-state index in [1.165, 1.54) is 6.21 Å². The summed E-state index contributed by atoms with van der Waals surface area (Å²) in [5.74, 6) is 2.16. The summed E-state index contributed by atoms with van der Waals surface area (Å²) in [5.41, 5.74) is 5.00. The normalized spacial score (nSPS) is 12.0. The van der Waals surface area contributed by atoms with Gasteiger partial charge in [-0.1, -0.05) is 28.1 Å². The van der Waals surface area contributed by atoms with Gasteiger partial charge in [0.15, 0.2) is 23.0 Å². The molecule has 1 aliphatic rings. The number of nitrogens with one attached hydrogen (secondary N) is 2. The topological polar surface area (TPSA) is 90.4 Å². The quantitative estimate of drug-likeness (QED) is 0.266. The van der Waals surface area contributed by atoms with Gasteiger partial charge in [-0.2, -0.15) is 5.10 Å². The SMILES string of the molecule is COc1cc(/C=N\NC(=O)CNc2ccc3c(c2)OCO3)cc(Br)c1OCc1ccc(Br)cc1. The number of fused-ring (bicyclic) bond motifs is 1. The number of amides is 1. The number of carbonyl (C=O) groups excluding carboxylic acids is 1. The van der Waals surface area contributed by atoms with Gasteiger partial charge in [-0.15, -0.1) is 0 Å². The second kappa shape index (κ2) is 11.3. The van der Waals surface area contributed by atoms with E-state index in [2.05, 4.69) is 47.7 Å². The summed E-state index contributed by atoms with van der Waals surface area (Å²) in [4.78, 5) is 12.1. The van der Waals surface area contributed by atoms with Crippen LogP contribution in [0, 0.1) is 0 Å². The summed E-state index contributed by atoms with van der Waals surface area (Å²) >= 11 is 6.95. The van der Waals surface area contributed by atoms with Crippen molar-refractivity contribution >= 4 is 49.7 Å². The summed E-state index contributed by atoms with van der Waals surface area (Å²) in [7, 11) is 1.57. The number of ether oxygens (including phenoxy) is 4. The Morgan fingerprint density at radius 1 is 1.09 bits per heavy atom. The van der Waals surface area contributed by atoms with Crippen LogP contribution in [0.25, 0.3) is 0 Å². The molecule has 1 heterocycles. The van der Waals surface area contributed by atoms with E-state index in [0.29, 0.717) is 34.1 Å². The van der Waals surface area contributed by atoms with Crippen molar-refractivity contribution in [3.8, 4) is 23.0 Å². The lowest BCUT2D eigenvalue weighted by atomic mass is 10.2. The molecule has 0 spiro atoms. The molecule has 1 amide bonds. The van der Waals surface area contributed by atoms with Crippen molar-refractivity contribution in [2.24, 2.45) is 5.10 Å². The number of anilines is 1. The smallest absolute Gasteiger partial charge is 0.259 e. The number of halogens is 2. The Balaban J connectivity index is 1.31. The molecule has 0 saturated heterocycles. The van der Waals surface area contributed by atoms with Gasteiger partial charge in [0.1, 0.15) is 6.61 Å². The summed E-state index contributed by atoms with van der Waals surface area (Å²) in [6.07, 6.45) is 1.53. The molecule has 4 rings (SSSR count). The molecule has 10 heteroatoms. The zero-order valence-corrected chi connectivity index (χ0v) is 21.3. The highest BCUT2D eigenvalue weighted by Crippen LogP contribution is 2.37. The molecular weight excluding hydrogens is 570 g/mol. The Hall–Kier alpha value is -3.24. The van der Waals surface area contributed by atoms with Gasteiger partial charge in [0.2, 0.25) is 6.79 Å². The first-order chi connectivity index (χ1) is 16.5. The van der Waals surface area contributed by atoms with Crippen molar-refractivity contribution in [2.75, 3.05) is 25.8 Å². The fourth-order valence-corrected chi connectivity index (χ4v) is 3.94. The Bertz CT molecular complexity index is 1200. The number of methoxy groups -OCH3 is 1. The van der Waals surface area contributed by atoms with E-state index in [4.69, 9.17) is 18.9 Å². The van der Waals surface area contributed by atoms with Crippen molar-refractivity contribution in [1.29, 1.82) is 0 Å². The largest absolute Gasteiger partial charge is 0.493 e. The third-order valence-electron chi connectivity index (χ3n) is 4.78. The summed E-state index contributed by atoms with van der Waals surface area (Å²) < 4.78 is 23.8. The highest BCUT2D eigenvalue weighted by atomic mass is 79.9. The molecule has 176 valence electrons. The minimum Gasteiger partial charge on any atom is -0.493 e. The first-order valence-electron chi connectivity index (χ1n) is 10.2. The fraction of sp³-hybridized carbons (Fsp3) is 0.167. The second-order valence-corrected chi connectivity index (χ2v) is 8.93. The maximum atomic E-state index is 12.1. The van der Waals surface area contributed by atoms with Crippen molar-refractivity contribution in [2.45, 2.75) is 6.61 Å². The molecule has 0 aliphatic carbocycles. The predicted octanol–water partition coefficient (Wildman–Crippen LogP) is 5.09. The number of benzene rings is 3. The Kier molecular flexibility index (Phi) is 7.91. The minimum atomic E-state index is -0.297. The van der Waals surface area contributed by atoms with Gasteiger partial charge in [-0.05, 0) is 63.5 Å². The van der Waals surface area contributed by atoms with E-state index in [-0.39, 0.29) is 19.2 Å². The number of nitrogens with zero attached hydrogens (tertiary/aromatic N) is 1. The first kappa shape index (κ1) is 23.9. The summed E-state index contributed by atoms with van der Waals surface area (Å²) in [6.45, 7) is 0.641. The van der Waals surface area contributed by atoms with E-state index in [9.17, 15) is 4.79 Å². The Labute approximate surface area is 213 Å². The molecule has 8 nitrogen and oxygen atoms in total. The highest BCUT2D eigenvalue weighted by molar-refractivity contribution is 9.10. The molecule has 0 atom stereocenters. The monoisotopic (exact) mass is 589 g/mol. The average Bonchev–Trinajstić information content (AvgIpc) is 3.31. The van der Waals surface area contributed by atoms with Crippen LogP contribution in [-0.2, 0) is 11.4 Å². The molecule has 0 bridgehead atoms. The highest BCUT2D eigenvalue weighted by Gasteiger charge is 2.14. The Morgan fingerprint density at radius 2 is 1.88 bits per heavy atom. The first-order valence-corrected chi connectivity index (χ1v) is 11.8. The van der Waals surface area contributed by atoms with Gasteiger partial charge in [0.05, 0.1) is 24.3 Å². The van der Waals surface area contributed by atoms with Crippen LogP contribution >= 0.6 is 31.9 Å². The molecule has 34 heavy (non-hydrogen) atoms. The van der Waals surface area contributed by atoms with Crippen molar-refractivity contribution < 1.29 is 23.7 Å². The van der Waals surface area contributed by atoms with Crippen LogP contribution in [0.4, 0.5) is 5.69 Å². The molecule has 3 aromatic rings. The minimum absolute atomic E-state index is 0.0484. The van der Waals surface area contributed by atoms with Gasteiger partial charge in [0.25, 0.3) is 5.91 Å². The van der Waals surface area contributed by atoms with Crippen molar-refractivity contribution in [3.63, 3.8) is 0 Å². The van der Waals surface area contributed by atoms with Crippen LogP contribution in [0.1, 0.15) is 11.1 Å². The van der Waals surface area contributed by atoms with Gasteiger partial charge >= 0.3 is 0 Å². The fourth-order valence-electron chi connectivity index (χ4n) is 3.10. The number of hydrogen-bond acceptors (Lipinski definition) is 7. The maximum Gasteiger partial charge on any atom is 0.259 e. The van der Waals surface area contributed by atoms with Gasteiger partial charge < -0.3 is 24.3 Å². The zero-order chi connectivity index (χ0) is 23.9. The summed E-state index contributed by atoms with van der Waals surface area (Å²) in [6, 6.07) is 16.9. The number of carbonyl (C=O) groups is 1. The molecule has 2 N–H and O–H groups in total. The van der Waals surface area contributed by atoms with Gasteiger partial charge in [-0.3, -0.25) is 4.79 Å². The lowest BCUT2D eigenvalue weighted by Crippen LogP contribution is -2.25. The average molecular weight is 591 g/mol. The van der Waals surface area contributed by atoms with Crippen LogP contribution in [0.3, 0.4) is 0 Å². The van der Waals surface area contributed by atoms with E-state index in [0.717, 1.165) is 21.3 Å². The predicted molar refractivity (Wildman–Crippen MR) is 136 cm³/mol. The Morgan fingerprint density at radius 3 is 2.68 bits per heavy atom. The molecule has 0 saturated carbocycles. The summed E-state index contributed by atoms with van der Waals surface area (Å²) in [5, 5.41) is 7.05. The lowest BCUT2D eigenvalue weighted by molar-refractivity contribution is -0.119. The lowest BCUT2D eigenvalue weighted by Gasteiger charge is -2.13. The van der Waals surface area contributed by atoms with E-state index in [1.807, 2.05) is 36.4 Å². The van der Waals surface area contributed by atoms with Crippen molar-refractivity contribution in [3.05, 3.63) is 74.7 Å². The number of hydrogen-bond donors (Lipinski definition) is 2. The zero-order valence-electron chi connectivity index (χ0n) is 18.1. The van der Waals surface area contributed by atoms with Gasteiger partial charge in [0, 0.05) is 16.2 Å². The number of rotatable bonds is 9.